The number of nitrogens with one attached hydrogen (secondary N) is 1. The third kappa shape index (κ3) is 6.10. The Hall–Kier alpha value is -6.70. The Bertz CT molecular complexity index is 2410. The summed E-state index contributed by atoms with van der Waals surface area (Å²) in [7, 11) is 0. The van der Waals surface area contributed by atoms with Crippen LogP contribution in [-0.2, 0) is 0 Å². The number of hydrogen-bond acceptors (Lipinski definition) is 6. The van der Waals surface area contributed by atoms with Crippen LogP contribution in [0.15, 0.2) is 169 Å². The molecule has 0 saturated carbocycles. The molecule has 0 radical (unpaired) electrons. The van der Waals surface area contributed by atoms with E-state index in [1.165, 1.54) is 16.3 Å². The van der Waals surface area contributed by atoms with Crippen molar-refractivity contribution >= 4 is 39.0 Å². The van der Waals surface area contributed by atoms with Crippen LogP contribution in [0.1, 0.15) is 11.4 Å². The van der Waals surface area contributed by atoms with E-state index in [0.29, 0.717) is 22.7 Å². The van der Waals surface area contributed by atoms with Crippen LogP contribution in [0.25, 0.3) is 55.8 Å². The molecule has 7 aromatic rings. The van der Waals surface area contributed by atoms with Crippen molar-refractivity contribution in [2.24, 2.45) is 5.10 Å². The number of fused-ring (bicyclic) bond motifs is 1. The van der Waals surface area contributed by atoms with Gasteiger partial charge in [0.15, 0.2) is 11.4 Å². The molecule has 0 amide bonds. The molecular weight excluding hydrogens is 603 g/mol. The normalized spacial score (nSPS) is 13.7. The Morgan fingerprint density at radius 3 is 1.71 bits per heavy atom. The number of quaternary nitrogens is 1. The van der Waals surface area contributed by atoms with Crippen LogP contribution in [0, 0.1) is 5.41 Å². The highest BCUT2D eigenvalue weighted by atomic mass is 15.3. The second-order valence-corrected chi connectivity index (χ2v) is 11.5. The van der Waals surface area contributed by atoms with E-state index < -0.39 is 0 Å². The average molecular weight is 633 g/mol. The zero-order chi connectivity index (χ0) is 33.0. The Kier molecular flexibility index (Phi) is 7.99. The minimum atomic E-state index is 0.261. The average Bonchev–Trinajstić information content (AvgIpc) is 3.18. The summed E-state index contributed by atoms with van der Waals surface area (Å²) >= 11 is 0. The molecule has 4 aromatic heterocycles. The number of nitrogens with zero attached hydrogens (tertiary/aromatic N) is 5. The number of nitrogens with two attached hydrogens (primary N) is 1. The second kappa shape index (κ2) is 13.2. The van der Waals surface area contributed by atoms with Crippen LogP contribution in [-0.4, -0.2) is 31.4 Å². The zero-order valence-electron chi connectivity index (χ0n) is 26.4. The molecule has 4 heterocycles. The summed E-state index contributed by atoms with van der Waals surface area (Å²) in [5.74, 6) is 0. The molecule has 7 nitrogen and oxygen atoms in total. The molecule has 7 heteroatoms. The first-order chi connectivity index (χ1) is 24.2. The van der Waals surface area contributed by atoms with Gasteiger partial charge >= 0.3 is 0 Å². The summed E-state index contributed by atoms with van der Waals surface area (Å²) in [6, 6.07) is 46.3. The van der Waals surface area contributed by atoms with E-state index in [0.717, 1.165) is 39.6 Å². The SMILES string of the molecule is N=C1C(c2cccc(-c3ccccn3)n2)=CC=C(c2cccc(-c3ccccn3)n2)C1=N[NH2+]c1ccc(-c2cccc3ccccc23)cc1. The molecule has 0 saturated heterocycles. The number of allylic oxidation sites excluding steroid dienone is 4. The fourth-order valence-corrected chi connectivity index (χ4v) is 5.99. The molecule has 0 unspecified atom stereocenters. The van der Waals surface area contributed by atoms with Crippen molar-refractivity contribution in [1.29, 1.82) is 5.41 Å². The first kappa shape index (κ1) is 29.7. The summed E-state index contributed by atoms with van der Waals surface area (Å²) in [4.78, 5) is 18.8. The number of rotatable bonds is 7. The van der Waals surface area contributed by atoms with Gasteiger partial charge < -0.3 is 0 Å². The predicted octanol–water partition coefficient (Wildman–Crippen LogP) is 8.17. The van der Waals surface area contributed by atoms with Gasteiger partial charge in [-0.3, -0.25) is 15.4 Å². The standard InChI is InChI=1S/C42H29N7/c43-41-33(35-16-8-18-39(46-35)37-14-3-5-26-44-37)24-25-34(36-17-9-19-40(47-36)38-15-4-6-27-45-38)42(41)49-48-30-22-20-29(21-23-30)32-13-7-11-28-10-1-2-12-31(28)32/h1-27,43,48H/p+1. The van der Waals surface area contributed by atoms with Crippen molar-refractivity contribution in [1.82, 2.24) is 19.9 Å². The zero-order valence-corrected chi connectivity index (χ0v) is 26.4. The molecule has 3 aromatic carbocycles. The Labute approximate surface area is 283 Å². The quantitative estimate of drug-likeness (QED) is 0.0800. The molecule has 0 bridgehead atoms. The lowest BCUT2D eigenvalue weighted by Gasteiger charge is -2.18. The highest BCUT2D eigenvalue weighted by molar-refractivity contribution is 6.68. The highest BCUT2D eigenvalue weighted by Gasteiger charge is 2.26. The van der Waals surface area contributed by atoms with Crippen molar-refractivity contribution < 1.29 is 5.43 Å². The molecule has 1 aliphatic rings. The van der Waals surface area contributed by atoms with Gasteiger partial charge in [-0.15, -0.1) is 0 Å². The monoisotopic (exact) mass is 632 g/mol. The maximum atomic E-state index is 9.45. The number of benzene rings is 3. The van der Waals surface area contributed by atoms with E-state index >= 15 is 0 Å². The molecule has 0 aliphatic heterocycles. The van der Waals surface area contributed by atoms with Crippen molar-refractivity contribution in [2.75, 3.05) is 0 Å². The number of aromatic nitrogens is 4. The van der Waals surface area contributed by atoms with E-state index in [9.17, 15) is 5.41 Å². The van der Waals surface area contributed by atoms with Gasteiger partial charge in [0, 0.05) is 35.7 Å². The molecule has 0 atom stereocenters. The third-order valence-corrected chi connectivity index (χ3v) is 8.44. The van der Waals surface area contributed by atoms with Gasteiger partial charge in [-0.2, -0.15) is 5.43 Å². The van der Waals surface area contributed by atoms with Crippen LogP contribution < -0.4 is 5.43 Å². The minimum absolute atomic E-state index is 0.261. The first-order valence-electron chi connectivity index (χ1n) is 16.0. The Morgan fingerprint density at radius 1 is 0.490 bits per heavy atom. The molecule has 3 N–H and O–H groups in total. The lowest BCUT2D eigenvalue weighted by atomic mass is 9.90. The molecule has 8 rings (SSSR count). The molecule has 0 spiro atoms. The molecule has 1 aliphatic carbocycles. The second-order valence-electron chi connectivity index (χ2n) is 11.5. The first-order valence-corrected chi connectivity index (χ1v) is 16.0. The van der Waals surface area contributed by atoms with Gasteiger partial charge in [0.1, 0.15) is 0 Å². The third-order valence-electron chi connectivity index (χ3n) is 8.44. The van der Waals surface area contributed by atoms with Gasteiger partial charge in [0.2, 0.25) is 0 Å². The fourth-order valence-electron chi connectivity index (χ4n) is 5.99. The summed E-state index contributed by atoms with van der Waals surface area (Å²) < 4.78 is 0. The van der Waals surface area contributed by atoms with Crippen LogP contribution in [0.3, 0.4) is 0 Å². The van der Waals surface area contributed by atoms with E-state index in [1.54, 1.807) is 12.4 Å². The molecule has 0 fully saturated rings. The van der Waals surface area contributed by atoms with Crippen LogP contribution in [0.5, 0.6) is 0 Å². The minimum Gasteiger partial charge on any atom is -0.298 e. The van der Waals surface area contributed by atoms with Crippen molar-refractivity contribution in [3.63, 3.8) is 0 Å². The van der Waals surface area contributed by atoms with Crippen molar-refractivity contribution in [3.05, 3.63) is 175 Å². The Morgan fingerprint density at radius 2 is 1.04 bits per heavy atom. The summed E-state index contributed by atoms with van der Waals surface area (Å²) in [6.07, 6.45) is 7.41. The van der Waals surface area contributed by atoms with E-state index in [1.807, 2.05) is 90.4 Å². The topological polar surface area (TPSA) is 104 Å². The van der Waals surface area contributed by atoms with E-state index in [4.69, 9.17) is 15.1 Å². The maximum absolute atomic E-state index is 9.45. The van der Waals surface area contributed by atoms with E-state index in [2.05, 4.69) is 76.7 Å². The van der Waals surface area contributed by atoms with Crippen LogP contribution in [0.4, 0.5) is 5.69 Å². The molecule has 232 valence electrons. The summed E-state index contributed by atoms with van der Waals surface area (Å²) in [6.45, 7) is 0. The lowest BCUT2D eigenvalue weighted by Crippen LogP contribution is -2.72. The highest BCUT2D eigenvalue weighted by Crippen LogP contribution is 2.30. The smallest absolute Gasteiger partial charge is 0.155 e. The van der Waals surface area contributed by atoms with Crippen LogP contribution in [0.2, 0.25) is 0 Å². The van der Waals surface area contributed by atoms with Crippen molar-refractivity contribution in [2.45, 2.75) is 0 Å². The number of hydrogen-bond donors (Lipinski definition) is 2. The van der Waals surface area contributed by atoms with E-state index in [-0.39, 0.29) is 5.71 Å². The number of pyridine rings is 4. The van der Waals surface area contributed by atoms with Gasteiger partial charge in [0.05, 0.1) is 39.9 Å². The van der Waals surface area contributed by atoms with Gasteiger partial charge in [0.25, 0.3) is 0 Å². The summed E-state index contributed by atoms with van der Waals surface area (Å²) in [5, 5.41) is 16.8. The van der Waals surface area contributed by atoms with Gasteiger partial charge in [-0.1, -0.05) is 71.8 Å². The fraction of sp³-hybridized carbons (Fsp3) is 0. The lowest BCUT2D eigenvalue weighted by molar-refractivity contribution is -0.577. The predicted molar refractivity (Wildman–Crippen MR) is 197 cm³/mol. The largest absolute Gasteiger partial charge is 0.298 e. The maximum Gasteiger partial charge on any atom is 0.155 e. The van der Waals surface area contributed by atoms with Crippen LogP contribution >= 0.6 is 0 Å². The van der Waals surface area contributed by atoms with Gasteiger partial charge in [-0.25, -0.2) is 9.97 Å². The van der Waals surface area contributed by atoms with Crippen molar-refractivity contribution in [3.8, 4) is 33.9 Å². The molecule has 49 heavy (non-hydrogen) atoms. The Balaban J connectivity index is 1.16. The summed E-state index contributed by atoms with van der Waals surface area (Å²) in [5.41, 5.74) is 11.6. The molecular formula is C42H30N7+. The van der Waals surface area contributed by atoms with Gasteiger partial charge in [-0.05, 0) is 94.7 Å².